The topological polar surface area (TPSA) is 65.1 Å². The van der Waals surface area contributed by atoms with Crippen LogP contribution < -0.4 is 4.74 Å². The van der Waals surface area contributed by atoms with Gasteiger partial charge in [0.1, 0.15) is 12.4 Å². The molecule has 26 heavy (non-hydrogen) atoms. The monoisotopic (exact) mass is 355 g/mol. The summed E-state index contributed by atoms with van der Waals surface area (Å²) in [6.07, 6.45) is -0.00857. The number of amides is 1. The van der Waals surface area contributed by atoms with Gasteiger partial charge in [0, 0.05) is 25.9 Å². The number of fused-ring (bicyclic) bond motifs is 1. The van der Waals surface area contributed by atoms with E-state index in [4.69, 9.17) is 14.2 Å². The zero-order valence-electron chi connectivity index (χ0n) is 14.6. The summed E-state index contributed by atoms with van der Waals surface area (Å²) in [5.74, 6) is 0.620. The highest BCUT2D eigenvalue weighted by atomic mass is 16.8. The quantitative estimate of drug-likeness (QED) is 0.792. The van der Waals surface area contributed by atoms with Crippen molar-refractivity contribution in [2.75, 3.05) is 19.7 Å². The number of carbonyl (C=O) groups is 2. The van der Waals surface area contributed by atoms with Gasteiger partial charge in [0.25, 0.3) is 5.91 Å². The van der Waals surface area contributed by atoms with E-state index < -0.39 is 17.9 Å². The second kappa shape index (κ2) is 6.52. The van der Waals surface area contributed by atoms with Gasteiger partial charge in [-0.25, -0.2) is 4.79 Å². The molecule has 0 aliphatic carbocycles. The Hall–Kier alpha value is -2.76. The lowest BCUT2D eigenvalue weighted by Crippen LogP contribution is -2.51. The molecule has 2 saturated heterocycles. The molecule has 4 rings (SSSR count). The SMILES string of the molecule is C[C@@H](Oc1ccc2ccccc2c1)C(=O)N1CCC2(CC1)COC(=O)O2. The predicted octanol–water partition coefficient (Wildman–Crippen LogP) is 3.14. The highest BCUT2D eigenvalue weighted by Crippen LogP contribution is 2.32. The van der Waals surface area contributed by atoms with Crippen molar-refractivity contribution in [1.82, 2.24) is 4.90 Å². The van der Waals surface area contributed by atoms with E-state index in [-0.39, 0.29) is 12.5 Å². The minimum absolute atomic E-state index is 0.0572. The van der Waals surface area contributed by atoms with E-state index in [0.717, 1.165) is 10.8 Å². The maximum atomic E-state index is 12.7. The number of ether oxygens (including phenoxy) is 3. The zero-order chi connectivity index (χ0) is 18.1. The molecule has 2 aromatic rings. The molecule has 2 heterocycles. The molecule has 1 atom stereocenters. The maximum Gasteiger partial charge on any atom is 0.509 e. The summed E-state index contributed by atoms with van der Waals surface area (Å²) in [6, 6.07) is 13.8. The minimum Gasteiger partial charge on any atom is -0.481 e. The molecule has 2 aromatic carbocycles. The van der Waals surface area contributed by atoms with E-state index in [2.05, 4.69) is 0 Å². The fourth-order valence-corrected chi connectivity index (χ4v) is 3.56. The third kappa shape index (κ3) is 3.19. The summed E-state index contributed by atoms with van der Waals surface area (Å²) in [4.78, 5) is 25.7. The summed E-state index contributed by atoms with van der Waals surface area (Å²) in [6.45, 7) is 3.10. The van der Waals surface area contributed by atoms with E-state index in [1.807, 2.05) is 42.5 Å². The molecule has 136 valence electrons. The molecule has 0 aromatic heterocycles. The molecular weight excluding hydrogens is 334 g/mol. The summed E-state index contributed by atoms with van der Waals surface area (Å²) in [5.41, 5.74) is -0.559. The minimum atomic E-state index is -0.613. The summed E-state index contributed by atoms with van der Waals surface area (Å²) in [5, 5.41) is 2.21. The molecule has 0 saturated carbocycles. The largest absolute Gasteiger partial charge is 0.509 e. The number of nitrogens with zero attached hydrogens (tertiary/aromatic N) is 1. The summed E-state index contributed by atoms with van der Waals surface area (Å²) >= 11 is 0. The van der Waals surface area contributed by atoms with Crippen LogP contribution in [0.1, 0.15) is 19.8 Å². The van der Waals surface area contributed by atoms with E-state index >= 15 is 0 Å². The number of rotatable bonds is 3. The van der Waals surface area contributed by atoms with Crippen LogP contribution in [0, 0.1) is 0 Å². The zero-order valence-corrected chi connectivity index (χ0v) is 14.6. The van der Waals surface area contributed by atoms with Gasteiger partial charge in [-0.2, -0.15) is 0 Å². The number of hydrogen-bond donors (Lipinski definition) is 0. The maximum absolute atomic E-state index is 12.7. The number of piperidine rings is 1. The molecule has 0 unspecified atom stereocenters. The Kier molecular flexibility index (Phi) is 4.18. The summed E-state index contributed by atoms with van der Waals surface area (Å²) < 4.78 is 16.1. The van der Waals surface area contributed by atoms with Crippen molar-refractivity contribution >= 4 is 22.8 Å². The molecule has 1 amide bonds. The number of carbonyl (C=O) groups excluding carboxylic acids is 2. The highest BCUT2D eigenvalue weighted by Gasteiger charge is 2.45. The number of benzene rings is 2. The molecule has 2 fully saturated rings. The molecular formula is C20H21NO5. The first-order valence-electron chi connectivity index (χ1n) is 8.85. The molecule has 6 nitrogen and oxygen atoms in total. The van der Waals surface area contributed by atoms with Crippen LogP contribution in [0.4, 0.5) is 4.79 Å². The Morgan fingerprint density at radius 3 is 2.58 bits per heavy atom. The number of cyclic esters (lactones) is 1. The van der Waals surface area contributed by atoms with Crippen LogP contribution in [0.5, 0.6) is 5.75 Å². The normalized spacial score (nSPS) is 19.9. The highest BCUT2D eigenvalue weighted by molar-refractivity contribution is 5.84. The lowest BCUT2D eigenvalue weighted by Gasteiger charge is -2.37. The van der Waals surface area contributed by atoms with Gasteiger partial charge < -0.3 is 19.1 Å². The lowest BCUT2D eigenvalue weighted by molar-refractivity contribution is -0.141. The molecule has 0 bridgehead atoms. The van der Waals surface area contributed by atoms with Crippen LogP contribution in [-0.2, 0) is 14.3 Å². The van der Waals surface area contributed by atoms with Gasteiger partial charge in [-0.15, -0.1) is 0 Å². The van der Waals surface area contributed by atoms with E-state index in [1.54, 1.807) is 11.8 Å². The Labute approximate surface area is 151 Å². The Morgan fingerprint density at radius 1 is 1.15 bits per heavy atom. The second-order valence-electron chi connectivity index (χ2n) is 6.92. The fraction of sp³-hybridized carbons (Fsp3) is 0.400. The van der Waals surface area contributed by atoms with E-state index in [9.17, 15) is 9.59 Å². The van der Waals surface area contributed by atoms with Crippen LogP contribution in [0.2, 0.25) is 0 Å². The van der Waals surface area contributed by atoms with Gasteiger partial charge in [-0.1, -0.05) is 30.3 Å². The smallest absolute Gasteiger partial charge is 0.481 e. The predicted molar refractivity (Wildman–Crippen MR) is 95.0 cm³/mol. The molecule has 0 N–H and O–H groups in total. The first-order chi connectivity index (χ1) is 12.5. The van der Waals surface area contributed by atoms with Gasteiger partial charge in [-0.05, 0) is 29.8 Å². The fourth-order valence-electron chi connectivity index (χ4n) is 3.56. The van der Waals surface area contributed by atoms with Crippen LogP contribution in [0.3, 0.4) is 0 Å². The van der Waals surface area contributed by atoms with Crippen LogP contribution >= 0.6 is 0 Å². The molecule has 6 heteroatoms. The first kappa shape index (κ1) is 16.7. The third-order valence-electron chi connectivity index (χ3n) is 5.12. The third-order valence-corrected chi connectivity index (χ3v) is 5.12. The Bertz CT molecular complexity index is 841. The lowest BCUT2D eigenvalue weighted by atomic mass is 9.92. The molecule has 2 aliphatic heterocycles. The standard InChI is InChI=1S/C20H21NO5/c1-14(25-17-7-6-15-4-2-3-5-16(15)12-17)18(22)21-10-8-20(9-11-21)13-24-19(23)26-20/h2-7,12,14H,8-11,13H2,1H3/t14-/m1/s1. The van der Waals surface area contributed by atoms with Crippen molar-refractivity contribution in [3.63, 3.8) is 0 Å². The number of likely N-dealkylation sites (tertiary alicyclic amines) is 1. The Balaban J connectivity index is 1.37. The average Bonchev–Trinajstić information content (AvgIpc) is 3.02. The van der Waals surface area contributed by atoms with Gasteiger partial charge >= 0.3 is 6.16 Å². The van der Waals surface area contributed by atoms with Crippen molar-refractivity contribution < 1.29 is 23.8 Å². The van der Waals surface area contributed by atoms with Gasteiger partial charge in [0.05, 0.1) is 0 Å². The molecule has 2 aliphatic rings. The first-order valence-corrected chi connectivity index (χ1v) is 8.85. The van der Waals surface area contributed by atoms with Gasteiger partial charge in [0.2, 0.25) is 0 Å². The molecule has 1 spiro atoms. The van der Waals surface area contributed by atoms with Crippen LogP contribution in [0.15, 0.2) is 42.5 Å². The van der Waals surface area contributed by atoms with Crippen molar-refractivity contribution in [1.29, 1.82) is 0 Å². The Morgan fingerprint density at radius 2 is 1.88 bits per heavy atom. The summed E-state index contributed by atoms with van der Waals surface area (Å²) in [7, 11) is 0. The number of hydrogen-bond acceptors (Lipinski definition) is 5. The van der Waals surface area contributed by atoms with Crippen LogP contribution in [0.25, 0.3) is 10.8 Å². The van der Waals surface area contributed by atoms with E-state index in [1.165, 1.54) is 0 Å². The average molecular weight is 355 g/mol. The van der Waals surface area contributed by atoms with E-state index in [0.29, 0.717) is 31.7 Å². The van der Waals surface area contributed by atoms with Crippen molar-refractivity contribution in [3.8, 4) is 5.75 Å². The van der Waals surface area contributed by atoms with Crippen molar-refractivity contribution in [2.24, 2.45) is 0 Å². The van der Waals surface area contributed by atoms with Crippen LogP contribution in [-0.4, -0.2) is 48.4 Å². The van der Waals surface area contributed by atoms with Crippen molar-refractivity contribution in [3.05, 3.63) is 42.5 Å². The second-order valence-corrected chi connectivity index (χ2v) is 6.92. The van der Waals surface area contributed by atoms with Crippen molar-refractivity contribution in [2.45, 2.75) is 31.5 Å². The van der Waals surface area contributed by atoms with Gasteiger partial charge in [-0.3, -0.25) is 4.79 Å². The molecule has 0 radical (unpaired) electrons. The van der Waals surface area contributed by atoms with Gasteiger partial charge in [0.15, 0.2) is 11.7 Å².